The van der Waals surface area contributed by atoms with E-state index in [1.165, 1.54) is 32.1 Å². The monoisotopic (exact) mass is 278 g/mol. The van der Waals surface area contributed by atoms with Crippen LogP contribution >= 0.6 is 15.9 Å². The van der Waals surface area contributed by atoms with Gasteiger partial charge in [0, 0.05) is 5.33 Å². The summed E-state index contributed by atoms with van der Waals surface area (Å²) in [5.41, 5.74) is -0.546. The normalized spacial score (nSPS) is 11.7. The first-order chi connectivity index (χ1) is 7.00. The average Bonchev–Trinajstić information content (AvgIpc) is 2.16. The molecule has 0 fully saturated rings. The number of carboxylic acids is 1. The zero-order chi connectivity index (χ0) is 11.7. The molecule has 0 saturated carbocycles. The van der Waals surface area contributed by atoms with Gasteiger partial charge in [-0.2, -0.15) is 0 Å². The van der Waals surface area contributed by atoms with E-state index in [1.54, 1.807) is 13.8 Å². The van der Waals surface area contributed by atoms with Crippen LogP contribution in [-0.4, -0.2) is 16.4 Å². The number of alkyl halides is 1. The van der Waals surface area contributed by atoms with Crippen molar-refractivity contribution in [3.63, 3.8) is 0 Å². The van der Waals surface area contributed by atoms with Crippen LogP contribution in [0.25, 0.3) is 0 Å². The Hall–Kier alpha value is -0.0500. The number of unbranched alkanes of at least 4 members (excludes halogenated alkanes) is 5. The molecule has 0 spiro atoms. The Kier molecular flexibility index (Phi) is 8.12. The van der Waals surface area contributed by atoms with Crippen molar-refractivity contribution in [2.75, 3.05) is 5.33 Å². The highest BCUT2D eigenvalue weighted by Gasteiger charge is 2.25. The fraction of sp³-hybridized carbons (Fsp3) is 0.917. The Labute approximate surface area is 102 Å². The van der Waals surface area contributed by atoms with Gasteiger partial charge in [0.25, 0.3) is 0 Å². The largest absolute Gasteiger partial charge is 0.481 e. The van der Waals surface area contributed by atoms with Crippen LogP contribution in [0.5, 0.6) is 0 Å². The van der Waals surface area contributed by atoms with Crippen LogP contribution in [0.3, 0.4) is 0 Å². The lowest BCUT2D eigenvalue weighted by Crippen LogP contribution is -2.23. The van der Waals surface area contributed by atoms with Crippen LogP contribution in [-0.2, 0) is 4.79 Å². The summed E-state index contributed by atoms with van der Waals surface area (Å²) < 4.78 is 0. The molecular formula is C12H23BrO2. The molecule has 0 aliphatic carbocycles. The van der Waals surface area contributed by atoms with E-state index in [0.29, 0.717) is 0 Å². The Bertz CT molecular complexity index is 178. The van der Waals surface area contributed by atoms with Gasteiger partial charge in [-0.15, -0.1) is 0 Å². The second-order valence-corrected chi connectivity index (χ2v) is 5.54. The van der Waals surface area contributed by atoms with Crippen LogP contribution in [0.15, 0.2) is 0 Å². The average molecular weight is 279 g/mol. The molecule has 0 radical (unpaired) electrons. The third-order valence-corrected chi connectivity index (χ3v) is 3.33. The number of carbonyl (C=O) groups is 1. The van der Waals surface area contributed by atoms with Gasteiger partial charge in [-0.1, -0.05) is 48.0 Å². The molecule has 0 aliphatic rings. The van der Waals surface area contributed by atoms with Gasteiger partial charge in [-0.3, -0.25) is 4.79 Å². The highest BCUT2D eigenvalue weighted by atomic mass is 79.9. The number of carboxylic acid groups (broad SMARTS) is 1. The van der Waals surface area contributed by atoms with Crippen molar-refractivity contribution < 1.29 is 9.90 Å². The quantitative estimate of drug-likeness (QED) is 0.506. The molecule has 0 atom stereocenters. The molecule has 0 aromatic carbocycles. The molecular weight excluding hydrogens is 256 g/mol. The van der Waals surface area contributed by atoms with Gasteiger partial charge in [-0.25, -0.2) is 0 Å². The predicted octanol–water partition coefficient (Wildman–Crippen LogP) is 4.22. The van der Waals surface area contributed by atoms with Gasteiger partial charge >= 0.3 is 5.97 Å². The Balaban J connectivity index is 3.35. The lowest BCUT2D eigenvalue weighted by Gasteiger charge is -2.18. The minimum absolute atomic E-state index is 0.546. The molecule has 0 amide bonds. The van der Waals surface area contributed by atoms with E-state index in [2.05, 4.69) is 15.9 Å². The fourth-order valence-corrected chi connectivity index (χ4v) is 1.87. The zero-order valence-corrected chi connectivity index (χ0v) is 11.5. The maximum atomic E-state index is 10.8. The van der Waals surface area contributed by atoms with Crippen molar-refractivity contribution in [3.05, 3.63) is 0 Å². The van der Waals surface area contributed by atoms with Crippen molar-refractivity contribution in [2.24, 2.45) is 5.41 Å². The topological polar surface area (TPSA) is 37.3 Å². The molecule has 0 heterocycles. The van der Waals surface area contributed by atoms with Crippen molar-refractivity contribution in [2.45, 2.75) is 58.8 Å². The van der Waals surface area contributed by atoms with E-state index in [0.717, 1.165) is 18.2 Å². The van der Waals surface area contributed by atoms with E-state index in [4.69, 9.17) is 5.11 Å². The molecule has 0 aromatic rings. The van der Waals surface area contributed by atoms with Crippen molar-refractivity contribution >= 4 is 21.9 Å². The number of hydrogen-bond acceptors (Lipinski definition) is 1. The van der Waals surface area contributed by atoms with Crippen molar-refractivity contribution in [1.82, 2.24) is 0 Å². The number of rotatable bonds is 9. The minimum atomic E-state index is -0.679. The van der Waals surface area contributed by atoms with Gasteiger partial charge in [0.1, 0.15) is 0 Å². The third-order valence-electron chi connectivity index (χ3n) is 2.76. The molecule has 1 N–H and O–H groups in total. The lowest BCUT2D eigenvalue weighted by molar-refractivity contribution is -0.147. The SMILES string of the molecule is CC(C)(CCCCCCCCBr)C(=O)O. The lowest BCUT2D eigenvalue weighted by atomic mass is 9.87. The molecule has 15 heavy (non-hydrogen) atoms. The third kappa shape index (κ3) is 7.83. The molecule has 0 bridgehead atoms. The maximum absolute atomic E-state index is 10.8. The second kappa shape index (κ2) is 8.14. The zero-order valence-electron chi connectivity index (χ0n) is 9.89. The summed E-state index contributed by atoms with van der Waals surface area (Å²) in [5, 5.41) is 10.0. The van der Waals surface area contributed by atoms with Crippen molar-refractivity contribution in [3.8, 4) is 0 Å². The molecule has 2 nitrogen and oxygen atoms in total. The summed E-state index contributed by atoms with van der Waals surface area (Å²) in [5.74, 6) is -0.679. The minimum Gasteiger partial charge on any atom is -0.481 e. The van der Waals surface area contributed by atoms with Gasteiger partial charge < -0.3 is 5.11 Å². The first-order valence-corrected chi connectivity index (χ1v) is 6.92. The van der Waals surface area contributed by atoms with E-state index >= 15 is 0 Å². The van der Waals surface area contributed by atoms with Crippen molar-refractivity contribution in [1.29, 1.82) is 0 Å². The molecule has 0 aromatic heterocycles. The van der Waals surface area contributed by atoms with Crippen LogP contribution in [0.4, 0.5) is 0 Å². The van der Waals surface area contributed by atoms with Crippen LogP contribution in [0, 0.1) is 5.41 Å². The first kappa shape index (κ1) is 14.9. The van der Waals surface area contributed by atoms with Gasteiger partial charge in [0.2, 0.25) is 0 Å². The van der Waals surface area contributed by atoms with E-state index in [9.17, 15) is 4.79 Å². The summed E-state index contributed by atoms with van der Waals surface area (Å²) in [7, 11) is 0. The van der Waals surface area contributed by atoms with Crippen LogP contribution in [0.1, 0.15) is 58.8 Å². The predicted molar refractivity (Wildman–Crippen MR) is 67.5 cm³/mol. The van der Waals surface area contributed by atoms with E-state index in [-0.39, 0.29) is 0 Å². The summed E-state index contributed by atoms with van der Waals surface area (Å²) in [6, 6.07) is 0. The number of aliphatic carboxylic acids is 1. The van der Waals surface area contributed by atoms with Gasteiger partial charge in [0.05, 0.1) is 5.41 Å². The molecule has 0 unspecified atom stereocenters. The second-order valence-electron chi connectivity index (χ2n) is 4.75. The summed E-state index contributed by atoms with van der Waals surface area (Å²) >= 11 is 3.41. The number of hydrogen-bond donors (Lipinski definition) is 1. The van der Waals surface area contributed by atoms with Gasteiger partial charge in [-0.05, 0) is 26.7 Å². The highest BCUT2D eigenvalue weighted by molar-refractivity contribution is 9.09. The first-order valence-electron chi connectivity index (χ1n) is 5.80. The standard InChI is InChI=1S/C12H23BrO2/c1-12(2,11(14)15)9-7-5-3-4-6-8-10-13/h3-10H2,1-2H3,(H,14,15). The Morgan fingerprint density at radius 1 is 1.07 bits per heavy atom. The van der Waals surface area contributed by atoms with Gasteiger partial charge in [0.15, 0.2) is 0 Å². The fourth-order valence-electron chi connectivity index (χ4n) is 1.48. The van der Waals surface area contributed by atoms with Crippen LogP contribution in [0.2, 0.25) is 0 Å². The smallest absolute Gasteiger partial charge is 0.309 e. The Morgan fingerprint density at radius 3 is 2.00 bits per heavy atom. The summed E-state index contributed by atoms with van der Waals surface area (Å²) in [4.78, 5) is 10.8. The summed E-state index contributed by atoms with van der Waals surface area (Å²) in [6.45, 7) is 3.61. The number of halogens is 1. The highest BCUT2D eigenvalue weighted by Crippen LogP contribution is 2.24. The van der Waals surface area contributed by atoms with E-state index < -0.39 is 11.4 Å². The van der Waals surface area contributed by atoms with E-state index in [1.807, 2.05) is 0 Å². The summed E-state index contributed by atoms with van der Waals surface area (Å²) in [6.07, 6.45) is 8.05. The molecule has 0 saturated heterocycles. The molecule has 3 heteroatoms. The molecule has 90 valence electrons. The molecule has 0 rings (SSSR count). The van der Waals surface area contributed by atoms with Crippen LogP contribution < -0.4 is 0 Å². The Morgan fingerprint density at radius 2 is 1.53 bits per heavy atom. The maximum Gasteiger partial charge on any atom is 0.309 e. The molecule has 0 aliphatic heterocycles.